The molecule has 3 heteroatoms. The lowest BCUT2D eigenvalue weighted by molar-refractivity contribution is 0.404. The first-order valence-electron chi connectivity index (χ1n) is 2.29. The molecular formula is C6H4ClO2. The lowest BCUT2D eigenvalue weighted by Crippen LogP contribution is -1.68. The van der Waals surface area contributed by atoms with Crippen LogP contribution in [0.5, 0.6) is 11.5 Å². The minimum absolute atomic E-state index is 0.106. The van der Waals surface area contributed by atoms with Crippen molar-refractivity contribution >= 4 is 11.6 Å². The van der Waals surface area contributed by atoms with E-state index in [2.05, 4.69) is 6.07 Å². The Hall–Kier alpha value is -0.890. The van der Waals surface area contributed by atoms with Gasteiger partial charge in [0.2, 0.25) is 0 Å². The number of phenols is 2. The SMILES string of the molecule is Oc1c[c]cc(Cl)c1O. The van der Waals surface area contributed by atoms with Gasteiger partial charge in [0.05, 0.1) is 5.02 Å². The summed E-state index contributed by atoms with van der Waals surface area (Å²) in [6.45, 7) is 0. The van der Waals surface area contributed by atoms with E-state index in [1.54, 1.807) is 0 Å². The van der Waals surface area contributed by atoms with Gasteiger partial charge in [-0.3, -0.25) is 0 Å². The van der Waals surface area contributed by atoms with Gasteiger partial charge in [0, 0.05) is 0 Å². The van der Waals surface area contributed by atoms with Crippen molar-refractivity contribution in [2.75, 3.05) is 0 Å². The summed E-state index contributed by atoms with van der Waals surface area (Å²) in [6.07, 6.45) is 0. The van der Waals surface area contributed by atoms with Gasteiger partial charge in [0.25, 0.3) is 0 Å². The normalized spacial score (nSPS) is 9.44. The van der Waals surface area contributed by atoms with Crippen molar-refractivity contribution < 1.29 is 10.2 Å². The van der Waals surface area contributed by atoms with Gasteiger partial charge >= 0.3 is 0 Å². The molecule has 0 aliphatic rings. The molecule has 0 saturated carbocycles. The van der Waals surface area contributed by atoms with Crippen LogP contribution in [-0.4, -0.2) is 10.2 Å². The quantitative estimate of drug-likeness (QED) is 0.541. The molecule has 1 rings (SSSR count). The molecule has 1 aromatic rings. The zero-order valence-corrected chi connectivity index (χ0v) is 5.18. The fourth-order valence-electron chi connectivity index (χ4n) is 0.453. The molecule has 0 heterocycles. The van der Waals surface area contributed by atoms with Crippen LogP contribution in [0.1, 0.15) is 0 Å². The average molecular weight is 144 g/mol. The Labute approximate surface area is 57.3 Å². The van der Waals surface area contributed by atoms with Crippen molar-refractivity contribution in [3.8, 4) is 11.5 Å². The van der Waals surface area contributed by atoms with Crippen LogP contribution in [0.3, 0.4) is 0 Å². The van der Waals surface area contributed by atoms with Crippen molar-refractivity contribution in [3.63, 3.8) is 0 Å². The van der Waals surface area contributed by atoms with Gasteiger partial charge in [0.1, 0.15) is 0 Å². The van der Waals surface area contributed by atoms with Crippen LogP contribution in [0, 0.1) is 6.07 Å². The lowest BCUT2D eigenvalue weighted by Gasteiger charge is -1.95. The molecule has 9 heavy (non-hydrogen) atoms. The summed E-state index contributed by atoms with van der Waals surface area (Å²) in [4.78, 5) is 0. The molecule has 1 radical (unpaired) electrons. The van der Waals surface area contributed by atoms with Crippen molar-refractivity contribution in [2.45, 2.75) is 0 Å². The third kappa shape index (κ3) is 1.08. The Morgan fingerprint density at radius 2 is 2.00 bits per heavy atom. The third-order valence-electron chi connectivity index (χ3n) is 0.899. The number of halogens is 1. The highest BCUT2D eigenvalue weighted by atomic mass is 35.5. The monoisotopic (exact) mass is 143 g/mol. The summed E-state index contributed by atoms with van der Waals surface area (Å²) < 4.78 is 0. The van der Waals surface area contributed by atoms with Gasteiger partial charge in [0.15, 0.2) is 11.5 Å². The highest BCUT2D eigenvalue weighted by Crippen LogP contribution is 2.31. The first-order valence-corrected chi connectivity index (χ1v) is 2.67. The molecule has 0 spiro atoms. The predicted molar refractivity (Wildman–Crippen MR) is 33.6 cm³/mol. The molecule has 2 N–H and O–H groups in total. The largest absolute Gasteiger partial charge is 0.504 e. The van der Waals surface area contributed by atoms with Crippen LogP contribution in [0.2, 0.25) is 5.02 Å². The van der Waals surface area contributed by atoms with E-state index >= 15 is 0 Å². The third-order valence-corrected chi connectivity index (χ3v) is 1.19. The van der Waals surface area contributed by atoms with Gasteiger partial charge < -0.3 is 10.2 Å². The van der Waals surface area contributed by atoms with Crippen LogP contribution in [-0.2, 0) is 0 Å². The van der Waals surface area contributed by atoms with E-state index in [0.29, 0.717) is 0 Å². The minimum atomic E-state index is -0.296. The van der Waals surface area contributed by atoms with Gasteiger partial charge in [-0.1, -0.05) is 11.6 Å². The number of hydrogen-bond donors (Lipinski definition) is 2. The summed E-state index contributed by atoms with van der Waals surface area (Å²) >= 11 is 5.37. The molecule has 0 aliphatic heterocycles. The molecule has 0 bridgehead atoms. The maximum Gasteiger partial charge on any atom is 0.176 e. The average Bonchev–Trinajstić information content (AvgIpc) is 1.83. The zero-order chi connectivity index (χ0) is 6.85. The zero-order valence-electron chi connectivity index (χ0n) is 4.43. The van der Waals surface area contributed by atoms with Crippen LogP contribution in [0.15, 0.2) is 12.1 Å². The molecule has 2 nitrogen and oxygen atoms in total. The Morgan fingerprint density at radius 3 is 2.44 bits per heavy atom. The highest BCUT2D eigenvalue weighted by Gasteiger charge is 2.00. The second-order valence-corrected chi connectivity index (χ2v) is 1.94. The Bertz CT molecular complexity index is 202. The second kappa shape index (κ2) is 2.15. The maximum atomic E-state index is 8.80. The number of hydrogen-bond acceptors (Lipinski definition) is 2. The molecule has 0 saturated heterocycles. The summed E-state index contributed by atoms with van der Waals surface area (Å²) in [5.41, 5.74) is 0. The first-order chi connectivity index (χ1) is 4.22. The van der Waals surface area contributed by atoms with E-state index in [4.69, 9.17) is 21.8 Å². The minimum Gasteiger partial charge on any atom is -0.504 e. The molecule has 0 fully saturated rings. The number of benzene rings is 1. The number of rotatable bonds is 0. The molecule has 0 aliphatic carbocycles. The van der Waals surface area contributed by atoms with E-state index in [1.165, 1.54) is 12.1 Å². The molecule has 1 aromatic carbocycles. The molecular weight excluding hydrogens is 140 g/mol. The van der Waals surface area contributed by atoms with Crippen LogP contribution in [0.4, 0.5) is 0 Å². The summed E-state index contributed by atoms with van der Waals surface area (Å²) in [5.74, 6) is -0.544. The van der Waals surface area contributed by atoms with Crippen LogP contribution in [0.25, 0.3) is 0 Å². The molecule has 0 atom stereocenters. The fourth-order valence-corrected chi connectivity index (χ4v) is 0.613. The first kappa shape index (κ1) is 6.23. The highest BCUT2D eigenvalue weighted by molar-refractivity contribution is 6.32. The number of aromatic hydroxyl groups is 2. The fraction of sp³-hybridized carbons (Fsp3) is 0. The Morgan fingerprint density at radius 1 is 1.33 bits per heavy atom. The topological polar surface area (TPSA) is 40.5 Å². The van der Waals surface area contributed by atoms with Crippen molar-refractivity contribution in [1.29, 1.82) is 0 Å². The van der Waals surface area contributed by atoms with Crippen molar-refractivity contribution in [1.82, 2.24) is 0 Å². The smallest absolute Gasteiger partial charge is 0.176 e. The molecule has 0 unspecified atom stereocenters. The van der Waals surface area contributed by atoms with Gasteiger partial charge in [-0.2, -0.15) is 0 Å². The van der Waals surface area contributed by atoms with E-state index in [9.17, 15) is 0 Å². The van der Waals surface area contributed by atoms with E-state index in [1.807, 2.05) is 0 Å². The molecule has 0 aromatic heterocycles. The van der Waals surface area contributed by atoms with E-state index in [0.717, 1.165) is 0 Å². The maximum absolute atomic E-state index is 8.80. The lowest BCUT2D eigenvalue weighted by atomic mass is 10.3. The standard InChI is InChI=1S/C6H4ClO2/c7-4-2-1-3-5(8)6(4)9/h2-3,8-9H. The van der Waals surface area contributed by atoms with Gasteiger partial charge in [-0.25, -0.2) is 0 Å². The van der Waals surface area contributed by atoms with Crippen molar-refractivity contribution in [3.05, 3.63) is 23.2 Å². The molecule has 47 valence electrons. The van der Waals surface area contributed by atoms with Crippen LogP contribution >= 0.6 is 11.6 Å². The summed E-state index contributed by atoms with van der Waals surface area (Å²) in [5, 5.41) is 17.6. The molecule has 0 amide bonds. The summed E-state index contributed by atoms with van der Waals surface area (Å²) in [6, 6.07) is 5.14. The second-order valence-electron chi connectivity index (χ2n) is 1.54. The number of phenolic OH excluding ortho intramolecular Hbond substituents is 2. The van der Waals surface area contributed by atoms with Crippen LogP contribution < -0.4 is 0 Å². The van der Waals surface area contributed by atoms with Gasteiger partial charge in [-0.05, 0) is 18.2 Å². The van der Waals surface area contributed by atoms with E-state index in [-0.39, 0.29) is 16.5 Å². The predicted octanol–water partition coefficient (Wildman–Crippen LogP) is 1.55. The van der Waals surface area contributed by atoms with Crippen molar-refractivity contribution in [2.24, 2.45) is 0 Å². The summed E-state index contributed by atoms with van der Waals surface area (Å²) in [7, 11) is 0. The Kier molecular flexibility index (Phi) is 1.49. The van der Waals surface area contributed by atoms with Gasteiger partial charge in [-0.15, -0.1) is 0 Å². The van der Waals surface area contributed by atoms with E-state index < -0.39 is 0 Å². The Balaban J connectivity index is 3.25.